The summed E-state index contributed by atoms with van der Waals surface area (Å²) in [5.74, 6) is -0.612. The molecule has 2 aromatic rings. The lowest BCUT2D eigenvalue weighted by atomic mass is 10.1. The number of benzene rings is 1. The van der Waals surface area contributed by atoms with E-state index in [1.54, 1.807) is 4.68 Å². The van der Waals surface area contributed by atoms with Crippen LogP contribution in [-0.2, 0) is 6.54 Å². The zero-order chi connectivity index (χ0) is 13.1. The highest BCUT2D eigenvalue weighted by Gasteiger charge is 2.17. The van der Waals surface area contributed by atoms with Crippen molar-refractivity contribution < 1.29 is 9.18 Å². The van der Waals surface area contributed by atoms with E-state index in [2.05, 4.69) is 26.2 Å². The first-order valence-electron chi connectivity index (χ1n) is 5.51. The lowest BCUT2D eigenvalue weighted by molar-refractivity contribution is 0.102. The number of halogens is 2. The molecule has 6 heteroatoms. The van der Waals surface area contributed by atoms with Crippen molar-refractivity contribution in [1.29, 1.82) is 0 Å². The third kappa shape index (κ3) is 2.48. The number of aryl methyl sites for hydroxylation is 1. The monoisotopic (exact) mass is 311 g/mol. The molecule has 2 rings (SSSR count). The van der Waals surface area contributed by atoms with Crippen LogP contribution in [0.5, 0.6) is 0 Å². The van der Waals surface area contributed by atoms with E-state index in [0.29, 0.717) is 22.3 Å². The lowest BCUT2D eigenvalue weighted by Crippen LogP contribution is -2.12. The molecule has 0 fully saturated rings. The molecule has 0 spiro atoms. The quantitative estimate of drug-likeness (QED) is 0.816. The fourth-order valence-corrected chi connectivity index (χ4v) is 2.15. The minimum Gasteiger partial charge on any atom is -0.287 e. The number of carbonyl (C=O) groups excluding carboxylic acids is 1. The molecule has 1 aromatic heterocycles. The predicted octanol–water partition coefficient (Wildman–Crippen LogP) is 2.82. The number of hydrogen-bond acceptors (Lipinski definition) is 3. The van der Waals surface area contributed by atoms with Gasteiger partial charge in [0.05, 0.1) is 6.20 Å². The van der Waals surface area contributed by atoms with E-state index in [4.69, 9.17) is 0 Å². The molecule has 0 bridgehead atoms. The Morgan fingerprint density at radius 2 is 2.28 bits per heavy atom. The second-order valence-electron chi connectivity index (χ2n) is 3.80. The van der Waals surface area contributed by atoms with Gasteiger partial charge in [0, 0.05) is 16.6 Å². The van der Waals surface area contributed by atoms with Crippen LogP contribution in [0, 0.1) is 5.82 Å². The maximum absolute atomic E-state index is 13.0. The first-order chi connectivity index (χ1) is 8.63. The molecule has 0 radical (unpaired) electrons. The zero-order valence-corrected chi connectivity index (χ0v) is 11.3. The molecule has 1 heterocycles. The number of hydrogen-bond donors (Lipinski definition) is 0. The smallest absolute Gasteiger partial charge is 0.213 e. The first-order valence-corrected chi connectivity index (χ1v) is 6.31. The maximum atomic E-state index is 13.0. The van der Waals surface area contributed by atoms with Crippen molar-refractivity contribution in [3.8, 4) is 0 Å². The van der Waals surface area contributed by atoms with Crippen LogP contribution in [0.4, 0.5) is 4.39 Å². The minimum atomic E-state index is -0.390. The van der Waals surface area contributed by atoms with Crippen LogP contribution in [-0.4, -0.2) is 20.8 Å². The van der Waals surface area contributed by atoms with Gasteiger partial charge in [-0.3, -0.25) is 4.79 Å². The molecule has 94 valence electrons. The fraction of sp³-hybridized carbons (Fsp3) is 0.250. The van der Waals surface area contributed by atoms with Crippen LogP contribution in [0.2, 0.25) is 0 Å². The number of nitrogens with zero attached hydrogens (tertiary/aromatic N) is 3. The molecule has 18 heavy (non-hydrogen) atoms. The van der Waals surface area contributed by atoms with Gasteiger partial charge >= 0.3 is 0 Å². The molecule has 0 unspecified atom stereocenters. The van der Waals surface area contributed by atoms with E-state index < -0.39 is 5.82 Å². The van der Waals surface area contributed by atoms with Crippen molar-refractivity contribution in [2.45, 2.75) is 19.9 Å². The Kier molecular flexibility index (Phi) is 3.86. The molecule has 0 saturated carbocycles. The third-order valence-corrected chi connectivity index (χ3v) is 3.12. The largest absolute Gasteiger partial charge is 0.287 e. The summed E-state index contributed by atoms with van der Waals surface area (Å²) in [4.78, 5) is 12.3. The van der Waals surface area contributed by atoms with Crippen molar-refractivity contribution in [3.05, 3.63) is 45.9 Å². The Balaban J connectivity index is 2.38. The van der Waals surface area contributed by atoms with Gasteiger partial charge in [-0.25, -0.2) is 9.07 Å². The van der Waals surface area contributed by atoms with Gasteiger partial charge in [-0.1, -0.05) is 12.1 Å². The van der Waals surface area contributed by atoms with Crippen LogP contribution in [0.1, 0.15) is 29.4 Å². The van der Waals surface area contributed by atoms with Gasteiger partial charge in [0.1, 0.15) is 11.5 Å². The average molecular weight is 312 g/mol. The van der Waals surface area contributed by atoms with E-state index in [0.717, 1.165) is 6.42 Å². The van der Waals surface area contributed by atoms with E-state index in [1.165, 1.54) is 24.4 Å². The number of rotatable bonds is 4. The Morgan fingerprint density at radius 3 is 2.94 bits per heavy atom. The van der Waals surface area contributed by atoms with Crippen molar-refractivity contribution in [3.63, 3.8) is 0 Å². The second kappa shape index (κ2) is 5.39. The SMILES string of the molecule is CCCn1nncc1C(=O)c1ccc(F)cc1Br. The Bertz CT molecular complexity index is 582. The average Bonchev–Trinajstić information content (AvgIpc) is 2.77. The molecule has 0 aliphatic carbocycles. The Hall–Kier alpha value is -1.56. The molecule has 1 aromatic carbocycles. The molecule has 0 saturated heterocycles. The molecular formula is C12H11BrFN3O. The van der Waals surface area contributed by atoms with Crippen LogP contribution < -0.4 is 0 Å². The summed E-state index contributed by atoms with van der Waals surface area (Å²) in [6, 6.07) is 3.97. The van der Waals surface area contributed by atoms with E-state index in [9.17, 15) is 9.18 Å². The molecule has 0 aliphatic rings. The highest BCUT2D eigenvalue weighted by atomic mass is 79.9. The Morgan fingerprint density at radius 1 is 1.50 bits per heavy atom. The normalized spacial score (nSPS) is 10.6. The van der Waals surface area contributed by atoms with Gasteiger partial charge in [0.2, 0.25) is 5.78 Å². The summed E-state index contributed by atoms with van der Waals surface area (Å²) >= 11 is 3.19. The highest BCUT2D eigenvalue weighted by Crippen LogP contribution is 2.21. The number of ketones is 1. The summed E-state index contributed by atoms with van der Waals surface area (Å²) in [6.07, 6.45) is 2.28. The Labute approximate surface area is 112 Å². The standard InChI is InChI=1S/C12H11BrFN3O/c1-2-5-17-11(7-15-16-17)12(18)9-4-3-8(14)6-10(9)13/h3-4,6-7H,2,5H2,1H3. The van der Waals surface area contributed by atoms with Crippen LogP contribution in [0.15, 0.2) is 28.9 Å². The van der Waals surface area contributed by atoms with Crippen molar-refractivity contribution in [2.75, 3.05) is 0 Å². The summed E-state index contributed by atoms with van der Waals surface area (Å²) in [5.41, 5.74) is 0.806. The molecule has 0 amide bonds. The van der Waals surface area contributed by atoms with Crippen molar-refractivity contribution in [1.82, 2.24) is 15.0 Å². The molecule has 4 nitrogen and oxygen atoms in total. The van der Waals surface area contributed by atoms with Gasteiger partial charge in [-0.15, -0.1) is 5.10 Å². The first kappa shape index (κ1) is 12.9. The van der Waals surface area contributed by atoms with Crippen LogP contribution in [0.3, 0.4) is 0 Å². The van der Waals surface area contributed by atoms with Crippen LogP contribution in [0.25, 0.3) is 0 Å². The van der Waals surface area contributed by atoms with Gasteiger partial charge in [0.15, 0.2) is 0 Å². The van der Waals surface area contributed by atoms with Crippen molar-refractivity contribution in [2.24, 2.45) is 0 Å². The highest BCUT2D eigenvalue weighted by molar-refractivity contribution is 9.10. The molecule has 0 N–H and O–H groups in total. The van der Waals surface area contributed by atoms with Gasteiger partial charge in [-0.05, 0) is 40.5 Å². The van der Waals surface area contributed by atoms with Crippen molar-refractivity contribution >= 4 is 21.7 Å². The van der Waals surface area contributed by atoms with Gasteiger partial charge in [0.25, 0.3) is 0 Å². The van der Waals surface area contributed by atoms with Gasteiger partial charge in [-0.2, -0.15) is 0 Å². The van der Waals surface area contributed by atoms with E-state index in [1.807, 2.05) is 6.92 Å². The minimum absolute atomic E-state index is 0.222. The van der Waals surface area contributed by atoms with E-state index >= 15 is 0 Å². The van der Waals surface area contributed by atoms with E-state index in [-0.39, 0.29) is 5.78 Å². The predicted molar refractivity (Wildman–Crippen MR) is 67.8 cm³/mol. The van der Waals surface area contributed by atoms with Crippen LogP contribution >= 0.6 is 15.9 Å². The number of carbonyl (C=O) groups is 1. The summed E-state index contributed by atoms with van der Waals surface area (Å²) in [7, 11) is 0. The fourth-order valence-electron chi connectivity index (χ4n) is 1.62. The van der Waals surface area contributed by atoms with Gasteiger partial charge < -0.3 is 0 Å². The lowest BCUT2D eigenvalue weighted by Gasteiger charge is -2.05. The number of aromatic nitrogens is 3. The topological polar surface area (TPSA) is 47.8 Å². The summed E-state index contributed by atoms with van der Waals surface area (Å²) in [5, 5.41) is 7.59. The third-order valence-electron chi connectivity index (χ3n) is 2.46. The zero-order valence-electron chi connectivity index (χ0n) is 9.73. The second-order valence-corrected chi connectivity index (χ2v) is 4.65. The molecule has 0 aliphatic heterocycles. The maximum Gasteiger partial charge on any atom is 0.213 e. The molecular weight excluding hydrogens is 301 g/mol. The summed E-state index contributed by atoms with van der Waals surface area (Å²) < 4.78 is 15.0. The molecule has 0 atom stereocenters. The summed E-state index contributed by atoms with van der Waals surface area (Å²) in [6.45, 7) is 2.61.